The minimum absolute atomic E-state index is 0.922. The molecular formula is C10H12BrO. The van der Waals surface area contributed by atoms with Gasteiger partial charge < -0.3 is 4.74 Å². The maximum Gasteiger partial charge on any atom is 0.123 e. The number of halogens is 1. The first-order chi connectivity index (χ1) is 5.77. The number of benzene rings is 1. The standard InChI is InChI=1S/C10H12BrO/c1-3-4-8-5-6-9(11)7-10(8)12-2/h4-7H,3H2,1-2H3. The average Bonchev–Trinajstić information content (AvgIpc) is 2.08. The lowest BCUT2D eigenvalue weighted by Gasteiger charge is -2.06. The van der Waals surface area contributed by atoms with Crippen LogP contribution in [0.25, 0.3) is 0 Å². The molecule has 0 fully saturated rings. The number of methoxy groups -OCH3 is 1. The molecule has 12 heavy (non-hydrogen) atoms. The van der Waals surface area contributed by atoms with Gasteiger partial charge in [-0.3, -0.25) is 0 Å². The van der Waals surface area contributed by atoms with Gasteiger partial charge in [0.05, 0.1) is 7.11 Å². The minimum Gasteiger partial charge on any atom is -0.496 e. The first kappa shape index (κ1) is 9.59. The molecule has 1 rings (SSSR count). The van der Waals surface area contributed by atoms with Crippen molar-refractivity contribution in [3.05, 3.63) is 34.7 Å². The van der Waals surface area contributed by atoms with Gasteiger partial charge in [-0.25, -0.2) is 0 Å². The average molecular weight is 228 g/mol. The zero-order chi connectivity index (χ0) is 8.97. The van der Waals surface area contributed by atoms with Crippen molar-refractivity contribution in [2.24, 2.45) is 0 Å². The second-order valence-corrected chi connectivity index (χ2v) is 3.41. The monoisotopic (exact) mass is 227 g/mol. The van der Waals surface area contributed by atoms with Crippen molar-refractivity contribution in [3.8, 4) is 5.75 Å². The van der Waals surface area contributed by atoms with Crippen molar-refractivity contribution in [2.75, 3.05) is 7.11 Å². The lowest BCUT2D eigenvalue weighted by Crippen LogP contribution is -1.89. The number of hydrogen-bond acceptors (Lipinski definition) is 1. The summed E-state index contributed by atoms with van der Waals surface area (Å²) in [5, 5.41) is 0. The van der Waals surface area contributed by atoms with Crippen LogP contribution in [0.1, 0.15) is 18.9 Å². The molecule has 0 atom stereocenters. The third-order valence-corrected chi connectivity index (χ3v) is 2.11. The summed E-state index contributed by atoms with van der Waals surface area (Å²) in [5.74, 6) is 0.922. The van der Waals surface area contributed by atoms with E-state index in [2.05, 4.69) is 29.3 Å². The van der Waals surface area contributed by atoms with Gasteiger partial charge in [0.2, 0.25) is 0 Å². The predicted molar refractivity (Wildman–Crippen MR) is 54.4 cm³/mol. The number of rotatable bonds is 3. The van der Waals surface area contributed by atoms with Crippen molar-refractivity contribution in [2.45, 2.75) is 13.3 Å². The molecule has 0 unspecified atom stereocenters. The Kier molecular flexibility index (Phi) is 3.60. The van der Waals surface area contributed by atoms with Crippen LogP contribution < -0.4 is 4.74 Å². The smallest absolute Gasteiger partial charge is 0.123 e. The molecule has 0 spiro atoms. The molecule has 1 aromatic carbocycles. The molecular weight excluding hydrogens is 216 g/mol. The fraction of sp³-hybridized carbons (Fsp3) is 0.300. The summed E-state index contributed by atoms with van der Waals surface area (Å²) in [5.41, 5.74) is 1.16. The van der Waals surface area contributed by atoms with E-state index in [1.165, 1.54) is 0 Å². The molecule has 0 aromatic heterocycles. The van der Waals surface area contributed by atoms with Crippen LogP contribution in [0.15, 0.2) is 22.7 Å². The number of hydrogen-bond donors (Lipinski definition) is 0. The lowest BCUT2D eigenvalue weighted by molar-refractivity contribution is 0.412. The van der Waals surface area contributed by atoms with E-state index in [1.54, 1.807) is 7.11 Å². The highest BCUT2D eigenvalue weighted by Crippen LogP contribution is 2.25. The third-order valence-electron chi connectivity index (χ3n) is 1.62. The Morgan fingerprint density at radius 1 is 1.50 bits per heavy atom. The highest BCUT2D eigenvalue weighted by molar-refractivity contribution is 9.10. The van der Waals surface area contributed by atoms with Gasteiger partial charge in [0.1, 0.15) is 5.75 Å². The Labute approximate surface area is 81.9 Å². The van der Waals surface area contributed by atoms with Crippen LogP contribution >= 0.6 is 15.9 Å². The second-order valence-electron chi connectivity index (χ2n) is 2.50. The first-order valence-corrected chi connectivity index (χ1v) is 4.74. The van der Waals surface area contributed by atoms with E-state index in [0.29, 0.717) is 0 Å². The van der Waals surface area contributed by atoms with Gasteiger partial charge in [0.15, 0.2) is 0 Å². The molecule has 0 aliphatic rings. The molecule has 1 radical (unpaired) electrons. The minimum atomic E-state index is 0.922. The lowest BCUT2D eigenvalue weighted by atomic mass is 10.1. The van der Waals surface area contributed by atoms with Gasteiger partial charge in [-0.05, 0) is 30.5 Å². The molecule has 1 nitrogen and oxygen atoms in total. The van der Waals surface area contributed by atoms with Crippen LogP contribution in [0.5, 0.6) is 5.75 Å². The van der Waals surface area contributed by atoms with Gasteiger partial charge in [0.25, 0.3) is 0 Å². The van der Waals surface area contributed by atoms with Crippen LogP contribution in [-0.2, 0) is 0 Å². The summed E-state index contributed by atoms with van der Waals surface area (Å²) in [7, 11) is 1.69. The molecule has 0 amide bonds. The van der Waals surface area contributed by atoms with Crippen molar-refractivity contribution in [3.63, 3.8) is 0 Å². The van der Waals surface area contributed by atoms with Crippen molar-refractivity contribution in [1.82, 2.24) is 0 Å². The predicted octanol–water partition coefficient (Wildman–Crippen LogP) is 3.42. The zero-order valence-electron chi connectivity index (χ0n) is 7.30. The van der Waals surface area contributed by atoms with E-state index in [-0.39, 0.29) is 0 Å². The normalized spacial score (nSPS) is 9.92. The van der Waals surface area contributed by atoms with Gasteiger partial charge in [-0.2, -0.15) is 0 Å². The van der Waals surface area contributed by atoms with E-state index in [9.17, 15) is 0 Å². The number of ether oxygens (including phenoxy) is 1. The summed E-state index contributed by atoms with van der Waals surface area (Å²) in [4.78, 5) is 0. The summed E-state index contributed by atoms with van der Waals surface area (Å²) in [6, 6.07) is 6.04. The van der Waals surface area contributed by atoms with Crippen LogP contribution in [-0.4, -0.2) is 7.11 Å². The van der Waals surface area contributed by atoms with Gasteiger partial charge in [-0.15, -0.1) is 0 Å². The van der Waals surface area contributed by atoms with Crippen LogP contribution in [0.3, 0.4) is 0 Å². The van der Waals surface area contributed by atoms with E-state index in [0.717, 1.165) is 22.2 Å². The molecule has 2 heteroatoms. The highest BCUT2D eigenvalue weighted by Gasteiger charge is 2.01. The van der Waals surface area contributed by atoms with Crippen LogP contribution in [0.2, 0.25) is 0 Å². The van der Waals surface area contributed by atoms with Gasteiger partial charge >= 0.3 is 0 Å². The van der Waals surface area contributed by atoms with Gasteiger partial charge in [0, 0.05) is 4.47 Å². The largest absolute Gasteiger partial charge is 0.496 e. The molecule has 0 bridgehead atoms. The summed E-state index contributed by atoms with van der Waals surface area (Å²) >= 11 is 3.39. The Morgan fingerprint density at radius 2 is 2.25 bits per heavy atom. The maximum atomic E-state index is 5.22. The van der Waals surface area contributed by atoms with Crippen molar-refractivity contribution >= 4 is 15.9 Å². The quantitative estimate of drug-likeness (QED) is 0.770. The fourth-order valence-corrected chi connectivity index (χ4v) is 1.41. The summed E-state index contributed by atoms with van der Waals surface area (Å²) in [6.07, 6.45) is 3.17. The molecule has 0 aliphatic carbocycles. The first-order valence-electron chi connectivity index (χ1n) is 3.94. The topological polar surface area (TPSA) is 9.23 Å². The molecule has 0 heterocycles. The Hall–Kier alpha value is -0.500. The van der Waals surface area contributed by atoms with Gasteiger partial charge in [-0.1, -0.05) is 28.9 Å². The summed E-state index contributed by atoms with van der Waals surface area (Å²) < 4.78 is 6.27. The Bertz CT molecular complexity index is 258. The second kappa shape index (κ2) is 4.51. The van der Waals surface area contributed by atoms with E-state index < -0.39 is 0 Å². The van der Waals surface area contributed by atoms with E-state index in [4.69, 9.17) is 4.74 Å². The van der Waals surface area contributed by atoms with Crippen molar-refractivity contribution < 1.29 is 4.74 Å². The molecule has 0 saturated carbocycles. The van der Waals surface area contributed by atoms with Crippen LogP contribution in [0.4, 0.5) is 0 Å². The third kappa shape index (κ3) is 2.24. The molecule has 0 N–H and O–H groups in total. The summed E-state index contributed by atoms with van der Waals surface area (Å²) in [6.45, 7) is 2.11. The molecule has 0 saturated heterocycles. The van der Waals surface area contributed by atoms with E-state index in [1.807, 2.05) is 18.2 Å². The molecule has 65 valence electrons. The fourth-order valence-electron chi connectivity index (χ4n) is 1.07. The SMILES string of the molecule is CC[CH]c1ccc(Br)cc1OC. The van der Waals surface area contributed by atoms with Crippen molar-refractivity contribution in [1.29, 1.82) is 0 Å². The highest BCUT2D eigenvalue weighted by atomic mass is 79.9. The maximum absolute atomic E-state index is 5.22. The Balaban J connectivity index is 2.94. The molecule has 1 aromatic rings. The zero-order valence-corrected chi connectivity index (χ0v) is 8.89. The van der Waals surface area contributed by atoms with Crippen LogP contribution in [0, 0.1) is 6.42 Å². The van der Waals surface area contributed by atoms with E-state index >= 15 is 0 Å². The molecule has 0 aliphatic heterocycles. The Morgan fingerprint density at radius 3 is 2.83 bits per heavy atom.